The molecule has 1 N–H and O–H groups in total. The molecule has 27 heavy (non-hydrogen) atoms. The van der Waals surface area contributed by atoms with E-state index in [1.54, 1.807) is 4.90 Å². The number of nitrogens with one attached hydrogen (secondary N) is 1. The summed E-state index contributed by atoms with van der Waals surface area (Å²) in [6.07, 6.45) is 0.492. The Morgan fingerprint density at radius 2 is 2.00 bits per heavy atom. The average molecular weight is 488 g/mol. The van der Waals surface area contributed by atoms with E-state index in [0.29, 0.717) is 28.8 Å². The van der Waals surface area contributed by atoms with Crippen LogP contribution in [0.15, 0.2) is 4.79 Å². The Morgan fingerprint density at radius 3 is 2.56 bits per heavy atom. The SMILES string of the molecule is CCN1C[C@@H]2CC(NC(=O)C(=O)N(C)C)c3c(I)c(=O)c(OC)c(n32)C1=O. The highest BCUT2D eigenvalue weighted by molar-refractivity contribution is 14.1. The molecule has 2 atom stereocenters. The fraction of sp³-hybridized carbons (Fsp3) is 0.529. The number of hydrogen-bond donors (Lipinski definition) is 1. The number of methoxy groups -OCH3 is 1. The largest absolute Gasteiger partial charge is 0.491 e. The van der Waals surface area contributed by atoms with E-state index in [2.05, 4.69) is 5.32 Å². The number of ether oxygens (including phenoxy) is 1. The van der Waals surface area contributed by atoms with Crippen LogP contribution in [0, 0.1) is 3.57 Å². The molecule has 3 heterocycles. The Balaban J connectivity index is 2.13. The molecule has 2 aliphatic heterocycles. The summed E-state index contributed by atoms with van der Waals surface area (Å²) in [5.41, 5.74) is 0.390. The number of amides is 3. The van der Waals surface area contributed by atoms with Crippen LogP contribution in [0.4, 0.5) is 0 Å². The molecular weight excluding hydrogens is 467 g/mol. The van der Waals surface area contributed by atoms with E-state index in [9.17, 15) is 19.2 Å². The Bertz CT molecular complexity index is 894. The van der Waals surface area contributed by atoms with Gasteiger partial charge in [0.05, 0.1) is 28.5 Å². The van der Waals surface area contributed by atoms with Crippen molar-refractivity contribution in [2.24, 2.45) is 0 Å². The van der Waals surface area contributed by atoms with Crippen molar-refractivity contribution >= 4 is 40.3 Å². The van der Waals surface area contributed by atoms with Crippen molar-refractivity contribution in [3.63, 3.8) is 0 Å². The molecule has 3 amide bonds. The number of rotatable bonds is 3. The first kappa shape index (κ1) is 19.6. The van der Waals surface area contributed by atoms with Crippen LogP contribution in [-0.2, 0) is 9.59 Å². The smallest absolute Gasteiger partial charge is 0.311 e. The summed E-state index contributed by atoms with van der Waals surface area (Å²) in [5.74, 6) is -1.66. The molecule has 0 fully saturated rings. The molecule has 2 aliphatic rings. The van der Waals surface area contributed by atoms with Crippen LogP contribution in [-0.4, -0.2) is 66.4 Å². The predicted molar refractivity (Wildman–Crippen MR) is 105 cm³/mol. The predicted octanol–water partition coefficient (Wildman–Crippen LogP) is 0.128. The lowest BCUT2D eigenvalue weighted by atomic mass is 10.1. The molecular formula is C17H21IN4O5. The molecule has 0 saturated carbocycles. The number of likely N-dealkylation sites (N-methyl/N-ethyl adjacent to an activating group) is 2. The lowest BCUT2D eigenvalue weighted by Gasteiger charge is -2.34. The van der Waals surface area contributed by atoms with Gasteiger partial charge in [0.25, 0.3) is 5.91 Å². The number of aromatic nitrogens is 1. The van der Waals surface area contributed by atoms with Crippen molar-refractivity contribution < 1.29 is 19.1 Å². The maximum Gasteiger partial charge on any atom is 0.311 e. The lowest BCUT2D eigenvalue weighted by molar-refractivity contribution is -0.144. The second-order valence-electron chi connectivity index (χ2n) is 6.74. The molecule has 0 aromatic carbocycles. The van der Waals surface area contributed by atoms with Crippen LogP contribution in [0.2, 0.25) is 0 Å². The number of carbonyl (C=O) groups is 3. The fourth-order valence-electron chi connectivity index (χ4n) is 3.70. The highest BCUT2D eigenvalue weighted by atomic mass is 127. The molecule has 0 bridgehead atoms. The van der Waals surface area contributed by atoms with Gasteiger partial charge in [0.1, 0.15) is 0 Å². The van der Waals surface area contributed by atoms with Crippen molar-refractivity contribution in [3.8, 4) is 5.75 Å². The molecule has 146 valence electrons. The van der Waals surface area contributed by atoms with Gasteiger partial charge in [-0.2, -0.15) is 0 Å². The van der Waals surface area contributed by atoms with Crippen LogP contribution in [0.25, 0.3) is 0 Å². The van der Waals surface area contributed by atoms with Gasteiger partial charge < -0.3 is 24.4 Å². The molecule has 0 aliphatic carbocycles. The molecule has 9 nitrogen and oxygen atoms in total. The quantitative estimate of drug-likeness (QED) is 0.482. The standard InChI is InChI=1S/C17H21IN4O5/c1-5-21-7-8-6-9(19-15(24)17(26)20(2)3)11-10(18)13(23)14(27-4)12(16(21)25)22(8)11/h8-9H,5-7H2,1-4H3,(H,19,24)/t8-,9?/m0/s1. The zero-order valence-corrected chi connectivity index (χ0v) is 17.7. The van der Waals surface area contributed by atoms with Crippen molar-refractivity contribution in [3.05, 3.63) is 25.2 Å². The Hall–Kier alpha value is -2.11. The number of carbonyl (C=O) groups excluding carboxylic acids is 3. The van der Waals surface area contributed by atoms with E-state index in [1.807, 2.05) is 34.1 Å². The Morgan fingerprint density at radius 1 is 1.33 bits per heavy atom. The summed E-state index contributed by atoms with van der Waals surface area (Å²) >= 11 is 1.92. The number of nitrogens with zero attached hydrogens (tertiary/aromatic N) is 3. The number of halogens is 1. The number of pyridine rings is 1. The zero-order valence-electron chi connectivity index (χ0n) is 15.5. The summed E-state index contributed by atoms with van der Waals surface area (Å²) in [5, 5.41) is 2.72. The first-order valence-corrected chi connectivity index (χ1v) is 9.64. The highest BCUT2D eigenvalue weighted by Gasteiger charge is 2.44. The van der Waals surface area contributed by atoms with Gasteiger partial charge in [-0.3, -0.25) is 19.2 Å². The van der Waals surface area contributed by atoms with Crippen LogP contribution in [0.1, 0.15) is 41.6 Å². The average Bonchev–Trinajstić information content (AvgIpc) is 2.98. The molecule has 10 heteroatoms. The Labute approximate surface area is 169 Å². The minimum atomic E-state index is -0.740. The summed E-state index contributed by atoms with van der Waals surface area (Å²) in [7, 11) is 4.36. The molecule has 0 saturated heterocycles. The second kappa shape index (κ2) is 7.13. The topological polar surface area (TPSA) is 101 Å². The summed E-state index contributed by atoms with van der Waals surface area (Å²) in [6, 6.07) is -0.629. The van der Waals surface area contributed by atoms with E-state index in [1.165, 1.54) is 26.1 Å². The second-order valence-corrected chi connectivity index (χ2v) is 7.82. The van der Waals surface area contributed by atoms with Gasteiger partial charge in [0.2, 0.25) is 5.43 Å². The maximum atomic E-state index is 12.9. The van der Waals surface area contributed by atoms with Gasteiger partial charge in [-0.1, -0.05) is 0 Å². The van der Waals surface area contributed by atoms with Crippen molar-refractivity contribution in [2.45, 2.75) is 25.4 Å². The zero-order chi connectivity index (χ0) is 20.0. The van der Waals surface area contributed by atoms with E-state index in [4.69, 9.17) is 4.74 Å². The fourth-order valence-corrected chi connectivity index (χ4v) is 4.58. The normalized spacial score (nSPS) is 20.3. The molecule has 1 unspecified atom stereocenters. The minimum absolute atomic E-state index is 0.0210. The maximum absolute atomic E-state index is 12.9. The van der Waals surface area contributed by atoms with Crippen molar-refractivity contribution in [1.29, 1.82) is 0 Å². The molecule has 3 rings (SSSR count). The van der Waals surface area contributed by atoms with Gasteiger partial charge in [-0.15, -0.1) is 0 Å². The van der Waals surface area contributed by atoms with Crippen LogP contribution >= 0.6 is 22.6 Å². The minimum Gasteiger partial charge on any atom is -0.491 e. The van der Waals surface area contributed by atoms with Gasteiger partial charge in [-0.25, -0.2) is 0 Å². The summed E-state index contributed by atoms with van der Waals surface area (Å²) in [4.78, 5) is 52.7. The Kier molecular flexibility index (Phi) is 5.19. The highest BCUT2D eigenvalue weighted by Crippen LogP contribution is 2.42. The van der Waals surface area contributed by atoms with Crippen LogP contribution in [0.5, 0.6) is 5.75 Å². The monoisotopic (exact) mass is 488 g/mol. The van der Waals surface area contributed by atoms with Crippen LogP contribution in [0.3, 0.4) is 0 Å². The first-order chi connectivity index (χ1) is 12.7. The third-order valence-corrected chi connectivity index (χ3v) is 6.00. The number of hydrogen-bond acceptors (Lipinski definition) is 5. The first-order valence-electron chi connectivity index (χ1n) is 8.56. The van der Waals surface area contributed by atoms with Crippen LogP contribution < -0.4 is 15.5 Å². The van der Waals surface area contributed by atoms with E-state index in [0.717, 1.165) is 0 Å². The van der Waals surface area contributed by atoms with Gasteiger partial charge in [0.15, 0.2) is 11.4 Å². The molecule has 1 aromatic rings. The van der Waals surface area contributed by atoms with Gasteiger partial charge in [0, 0.05) is 27.2 Å². The molecule has 0 radical (unpaired) electrons. The van der Waals surface area contributed by atoms with E-state index < -0.39 is 17.9 Å². The third-order valence-electron chi connectivity index (χ3n) is 4.96. The lowest BCUT2D eigenvalue weighted by Crippen LogP contribution is -2.44. The summed E-state index contributed by atoms with van der Waals surface area (Å²) < 4.78 is 7.46. The van der Waals surface area contributed by atoms with E-state index >= 15 is 0 Å². The van der Waals surface area contributed by atoms with Crippen molar-refractivity contribution in [1.82, 2.24) is 19.7 Å². The van der Waals surface area contributed by atoms with E-state index in [-0.39, 0.29) is 28.8 Å². The van der Waals surface area contributed by atoms with Gasteiger partial charge in [-0.05, 0) is 35.9 Å². The molecule has 0 spiro atoms. The van der Waals surface area contributed by atoms with Crippen molar-refractivity contribution in [2.75, 3.05) is 34.3 Å². The summed E-state index contributed by atoms with van der Waals surface area (Å²) in [6.45, 7) is 2.85. The van der Waals surface area contributed by atoms with Gasteiger partial charge >= 0.3 is 11.8 Å². The molecule has 1 aromatic heterocycles. The third kappa shape index (κ3) is 2.99.